The summed E-state index contributed by atoms with van der Waals surface area (Å²) in [4.78, 5) is 77.4. The fourth-order valence-corrected chi connectivity index (χ4v) is 14.4. The number of nitrogens with one attached hydrogen (secondary N) is 2. The van der Waals surface area contributed by atoms with Crippen molar-refractivity contribution < 1.29 is 37.3 Å². The van der Waals surface area contributed by atoms with E-state index in [1.807, 2.05) is 37.2 Å². The Morgan fingerprint density at radius 3 is 2.54 bits per heavy atom. The second kappa shape index (κ2) is 23.8. The molecule has 430 valence electrons. The van der Waals surface area contributed by atoms with Gasteiger partial charge in [0.25, 0.3) is 5.91 Å². The van der Waals surface area contributed by atoms with Gasteiger partial charge in [-0.3, -0.25) is 29.3 Å². The number of benzene rings is 1. The second-order valence-electron chi connectivity index (χ2n) is 24.0. The number of nitrogens with zero attached hydrogens (tertiary/aromatic N) is 8. The number of methoxy groups -OCH3 is 1. The first-order valence-corrected chi connectivity index (χ1v) is 31.1. The molecular weight excluding hydrogens is 1040 g/mol. The number of likely N-dealkylation sites (N-methyl/N-ethyl adjacent to an activating group) is 1. The van der Waals surface area contributed by atoms with E-state index < -0.39 is 52.2 Å². The molecule has 3 saturated heterocycles. The van der Waals surface area contributed by atoms with Crippen LogP contribution in [0.15, 0.2) is 35.8 Å². The Labute approximate surface area is 472 Å². The Hall–Kier alpha value is -4.99. The highest BCUT2D eigenvalue weighted by Gasteiger charge is 2.54. The Balaban J connectivity index is 0.968. The normalized spacial score (nSPS) is 25.1. The number of halogens is 1. The summed E-state index contributed by atoms with van der Waals surface area (Å²) in [7, 11) is 2.12. The van der Waals surface area contributed by atoms with Crippen molar-refractivity contribution in [3.05, 3.63) is 52.1 Å². The van der Waals surface area contributed by atoms with Crippen LogP contribution in [0.3, 0.4) is 0 Å². The van der Waals surface area contributed by atoms with Crippen molar-refractivity contribution in [3.8, 4) is 22.5 Å². The van der Waals surface area contributed by atoms with Crippen LogP contribution in [-0.4, -0.2) is 172 Å². The number of urea groups is 1. The molecule has 6 aliphatic rings. The summed E-state index contributed by atoms with van der Waals surface area (Å²) in [6.45, 7) is 20.0. The topological polar surface area (TPSA) is 167 Å². The number of anilines is 1. The SMILES string of the molecule is CC=S(F)CCOC1CC2(CCCN2C(=O)N(C)[C@H](C(=O)N[C@H]2Cc3nc(cs3)-c3ccc4c(c3)c(c(-c3cc(N5CCN(C6CC6)CC5)cnc3[C@H](C)OC)n4CC)CC(C)(C)COC(=O)[C@@H]3CCCN(N3)C2=O)C(C)C)C1. The molecule has 7 heterocycles. The number of fused-ring (bicyclic) bond motifs is 6. The minimum Gasteiger partial charge on any atom is -0.464 e. The molecule has 5 fully saturated rings. The van der Waals surface area contributed by atoms with E-state index in [0.29, 0.717) is 69.1 Å². The predicted molar refractivity (Wildman–Crippen MR) is 311 cm³/mol. The highest BCUT2D eigenvalue weighted by molar-refractivity contribution is 8.10. The Bertz CT molecular complexity index is 2930. The van der Waals surface area contributed by atoms with Crippen molar-refractivity contribution in [1.82, 2.24) is 45.0 Å². The van der Waals surface area contributed by atoms with Crippen LogP contribution in [0.25, 0.3) is 33.4 Å². The first-order valence-electron chi connectivity index (χ1n) is 28.9. The summed E-state index contributed by atoms with van der Waals surface area (Å²) in [6, 6.07) is 6.52. The number of aryl methyl sites for hydroxylation is 1. The molecule has 10 rings (SSSR count). The van der Waals surface area contributed by atoms with Crippen LogP contribution in [0.1, 0.15) is 122 Å². The minimum atomic E-state index is -1.28. The lowest BCUT2D eigenvalue weighted by Crippen LogP contribution is -2.64. The maximum absolute atomic E-state index is 14.9. The lowest BCUT2D eigenvalue weighted by molar-refractivity contribution is -0.155. The third-order valence-corrected chi connectivity index (χ3v) is 19.5. The van der Waals surface area contributed by atoms with Crippen LogP contribution in [-0.2, 0) is 48.0 Å². The second-order valence-corrected chi connectivity index (χ2v) is 26.5. The van der Waals surface area contributed by atoms with Gasteiger partial charge in [-0.15, -0.1) is 11.3 Å². The molecule has 1 aromatic carbocycles. The number of likely N-dealkylation sites (tertiary alicyclic amines) is 1. The summed E-state index contributed by atoms with van der Waals surface area (Å²) in [5.74, 6) is -1.28. The lowest BCUT2D eigenvalue weighted by atomic mass is 9.72. The van der Waals surface area contributed by atoms with Crippen molar-refractivity contribution in [2.75, 3.05) is 77.3 Å². The standard InChI is InChI=1S/C59H83FN10O7S2/c1-10-68-49-18-15-39-28-43(49)45(53(68)44-29-41(34-61-51(44)38(5)75-9)67-24-22-66(23-25-67)40-16-17-40)33-58(6,7)36-77-56(73)46-14-12-21-70(64-46)55(72)47(30-50-62-48(39)35-78-50)63-54(71)52(37(3)4)65(8)57(74)69-20-13-19-59(69)31-42(32-59)76-26-27-79(60)11-2/h11,15,18,28-29,34-35,37-38,40,42,46-47,52,64H,10,12-14,16-17,19-27,30-33,36H2,1-9H3,(H,63,71)/t38-,42?,46-,47-,52-,59?,79?/m0/s1. The van der Waals surface area contributed by atoms with Crippen LogP contribution >= 0.6 is 22.2 Å². The van der Waals surface area contributed by atoms with E-state index in [0.717, 1.165) is 95.4 Å². The highest BCUT2D eigenvalue weighted by Crippen LogP contribution is 2.48. The molecular formula is C59H83FN10O7S2. The van der Waals surface area contributed by atoms with Gasteiger partial charge in [-0.1, -0.05) is 33.8 Å². The van der Waals surface area contributed by atoms with Gasteiger partial charge in [0, 0.05) is 117 Å². The minimum absolute atomic E-state index is 0.0486. The molecule has 6 bridgehead atoms. The monoisotopic (exact) mass is 1130 g/mol. The quantitative estimate of drug-likeness (QED) is 0.0914. The number of pyridine rings is 1. The fraction of sp³-hybridized carbons (Fsp3) is 0.644. The van der Waals surface area contributed by atoms with Gasteiger partial charge in [0.05, 0.1) is 59.4 Å². The fourth-order valence-electron chi connectivity index (χ4n) is 13.0. The number of cyclic esters (lactones) is 1. The van der Waals surface area contributed by atoms with Gasteiger partial charge < -0.3 is 38.8 Å². The summed E-state index contributed by atoms with van der Waals surface area (Å²) < 4.78 is 34.6. The number of rotatable bonds is 14. The first-order chi connectivity index (χ1) is 37.9. The molecule has 4 amide bonds. The molecule has 1 unspecified atom stereocenters. The van der Waals surface area contributed by atoms with Crippen LogP contribution in [0.5, 0.6) is 0 Å². The summed E-state index contributed by atoms with van der Waals surface area (Å²) in [5, 5.41) is 9.84. The number of esters is 1. The first kappa shape index (κ1) is 57.3. The van der Waals surface area contributed by atoms with Crippen LogP contribution in [0.2, 0.25) is 0 Å². The van der Waals surface area contributed by atoms with E-state index in [-0.39, 0.29) is 42.7 Å². The molecule has 3 aromatic heterocycles. The van der Waals surface area contributed by atoms with Gasteiger partial charge in [-0.25, -0.2) is 15.2 Å². The molecule has 17 nitrogen and oxygen atoms in total. The Morgan fingerprint density at radius 1 is 1.06 bits per heavy atom. The summed E-state index contributed by atoms with van der Waals surface area (Å²) in [5.41, 5.74) is 10.2. The number of carbonyl (C=O) groups is 4. The third kappa shape index (κ3) is 12.0. The Kier molecular flexibility index (Phi) is 17.3. The van der Waals surface area contributed by atoms with Crippen LogP contribution in [0, 0.1) is 11.3 Å². The van der Waals surface area contributed by atoms with Gasteiger partial charge in [-0.2, -0.15) is 3.89 Å². The number of thiazole rings is 1. The lowest BCUT2D eigenvalue weighted by Gasteiger charge is -2.51. The van der Waals surface area contributed by atoms with Crippen molar-refractivity contribution in [2.24, 2.45) is 11.3 Å². The number of hydrogen-bond acceptors (Lipinski definition) is 13. The van der Waals surface area contributed by atoms with Crippen molar-refractivity contribution in [3.63, 3.8) is 0 Å². The number of amides is 4. The van der Waals surface area contributed by atoms with Gasteiger partial charge in [0.2, 0.25) is 5.91 Å². The molecule has 2 saturated carbocycles. The van der Waals surface area contributed by atoms with Crippen LogP contribution in [0.4, 0.5) is 14.4 Å². The molecule has 0 radical (unpaired) electrons. The molecule has 1 spiro atoms. The maximum Gasteiger partial charge on any atom is 0.324 e. The smallest absolute Gasteiger partial charge is 0.324 e. The number of aromatic nitrogens is 3. The number of hydrazine groups is 1. The van der Waals surface area contributed by atoms with E-state index in [4.69, 9.17) is 24.2 Å². The molecule has 2 N–H and O–H groups in total. The zero-order valence-corrected chi connectivity index (χ0v) is 49.5. The predicted octanol–water partition coefficient (Wildman–Crippen LogP) is 8.55. The van der Waals surface area contributed by atoms with Crippen molar-refractivity contribution in [1.29, 1.82) is 0 Å². The number of piperazine rings is 1. The van der Waals surface area contributed by atoms with E-state index in [9.17, 15) is 23.1 Å². The molecule has 4 aliphatic heterocycles. The van der Waals surface area contributed by atoms with Gasteiger partial charge in [0.1, 0.15) is 18.1 Å². The molecule has 79 heavy (non-hydrogen) atoms. The van der Waals surface area contributed by atoms with Crippen LogP contribution < -0.4 is 15.6 Å². The van der Waals surface area contributed by atoms with Gasteiger partial charge in [-0.05, 0) is 124 Å². The summed E-state index contributed by atoms with van der Waals surface area (Å²) in [6.07, 6.45) is 8.95. The number of carbonyl (C=O) groups excluding carboxylic acids is 4. The van der Waals surface area contributed by atoms with E-state index >= 15 is 0 Å². The zero-order valence-electron chi connectivity index (χ0n) is 47.9. The highest BCUT2D eigenvalue weighted by atomic mass is 32.2. The van der Waals surface area contributed by atoms with Gasteiger partial charge in [0.15, 0.2) is 0 Å². The molecule has 2 aliphatic carbocycles. The molecule has 4 aromatic rings. The average Bonchev–Trinajstić information content (AvgIpc) is 4.17. The van der Waals surface area contributed by atoms with Gasteiger partial charge >= 0.3 is 12.0 Å². The van der Waals surface area contributed by atoms with E-state index in [1.165, 1.54) is 34.1 Å². The zero-order chi connectivity index (χ0) is 55.9. The van der Waals surface area contributed by atoms with E-state index in [1.54, 1.807) is 26.4 Å². The van der Waals surface area contributed by atoms with E-state index in [2.05, 4.69) is 70.1 Å². The molecule has 20 heteroatoms. The average molecular weight is 1130 g/mol. The Morgan fingerprint density at radius 2 is 1.84 bits per heavy atom. The number of hydrogen-bond donors (Lipinski definition) is 2. The van der Waals surface area contributed by atoms with Crippen molar-refractivity contribution in [2.45, 2.75) is 161 Å². The maximum atomic E-state index is 14.9. The molecule has 5 atom stereocenters. The van der Waals surface area contributed by atoms with Crippen molar-refractivity contribution >= 4 is 68.0 Å². The summed E-state index contributed by atoms with van der Waals surface area (Å²) >= 11 is 1.43. The number of ether oxygens (including phenoxy) is 3. The third-order valence-electron chi connectivity index (χ3n) is 17.5. The largest absolute Gasteiger partial charge is 0.464 e.